The van der Waals surface area contributed by atoms with Gasteiger partial charge in [-0.1, -0.05) is 20.3 Å². The third-order valence-corrected chi connectivity index (χ3v) is 5.11. The molecule has 0 saturated carbocycles. The lowest BCUT2D eigenvalue weighted by molar-refractivity contribution is -0.146. The second kappa shape index (κ2) is 8.76. The van der Waals surface area contributed by atoms with Crippen molar-refractivity contribution < 1.29 is 9.53 Å². The maximum Gasteiger partial charge on any atom is 0.240 e. The Morgan fingerprint density at radius 2 is 2.16 bits per heavy atom. The Morgan fingerprint density at radius 1 is 1.28 bits per heavy atom. The number of aryl methyl sites for hydroxylation is 1. The second-order valence-corrected chi connectivity index (χ2v) is 7.08. The van der Waals surface area contributed by atoms with Gasteiger partial charge in [0.05, 0.1) is 19.2 Å². The number of aromatic amines is 1. The van der Waals surface area contributed by atoms with E-state index in [1.54, 1.807) is 0 Å². The van der Waals surface area contributed by atoms with E-state index in [-0.39, 0.29) is 18.1 Å². The van der Waals surface area contributed by atoms with Crippen LogP contribution in [0.15, 0.2) is 0 Å². The minimum Gasteiger partial charge on any atom is -0.366 e. The zero-order valence-electron chi connectivity index (χ0n) is 15.5. The molecular formula is C18H31N5O2. The molecule has 2 saturated heterocycles. The number of morpholine rings is 1. The number of carbonyl (C=O) groups is 1. The van der Waals surface area contributed by atoms with Crippen LogP contribution < -0.4 is 0 Å². The maximum atomic E-state index is 13.1. The van der Waals surface area contributed by atoms with Crippen molar-refractivity contribution >= 4 is 5.91 Å². The first kappa shape index (κ1) is 18.3. The Morgan fingerprint density at radius 3 is 2.96 bits per heavy atom. The van der Waals surface area contributed by atoms with Gasteiger partial charge in [0.2, 0.25) is 5.91 Å². The molecule has 1 aromatic rings. The molecule has 140 valence electrons. The fourth-order valence-electron chi connectivity index (χ4n) is 3.84. The molecule has 25 heavy (non-hydrogen) atoms. The van der Waals surface area contributed by atoms with E-state index in [4.69, 9.17) is 4.74 Å². The average Bonchev–Trinajstić information content (AvgIpc) is 3.11. The largest absolute Gasteiger partial charge is 0.366 e. The van der Waals surface area contributed by atoms with E-state index in [2.05, 4.69) is 33.9 Å². The number of hydrogen-bond donors (Lipinski definition) is 1. The third-order valence-electron chi connectivity index (χ3n) is 5.11. The first-order valence-electron chi connectivity index (χ1n) is 9.78. The van der Waals surface area contributed by atoms with Crippen molar-refractivity contribution in [2.45, 2.75) is 64.5 Å². The van der Waals surface area contributed by atoms with Crippen molar-refractivity contribution in [1.82, 2.24) is 25.0 Å². The number of nitrogens with one attached hydrogen (secondary N) is 1. The summed E-state index contributed by atoms with van der Waals surface area (Å²) in [5.41, 5.74) is 0. The van der Waals surface area contributed by atoms with Gasteiger partial charge < -0.3 is 9.64 Å². The minimum absolute atomic E-state index is 0.0373. The van der Waals surface area contributed by atoms with Gasteiger partial charge in [0.25, 0.3) is 0 Å². The first-order valence-corrected chi connectivity index (χ1v) is 9.78. The molecule has 0 aliphatic carbocycles. The Hall–Kier alpha value is -1.47. The van der Waals surface area contributed by atoms with Gasteiger partial charge in [-0.2, -0.15) is 5.10 Å². The van der Waals surface area contributed by atoms with Gasteiger partial charge in [0.15, 0.2) is 5.82 Å². The van der Waals surface area contributed by atoms with Crippen LogP contribution in [0.5, 0.6) is 0 Å². The van der Waals surface area contributed by atoms with Gasteiger partial charge in [0.1, 0.15) is 11.9 Å². The van der Waals surface area contributed by atoms with Crippen LogP contribution in [0.2, 0.25) is 0 Å². The molecule has 1 aromatic heterocycles. The Balaban J connectivity index is 1.64. The maximum absolute atomic E-state index is 13.1. The van der Waals surface area contributed by atoms with Crippen molar-refractivity contribution in [1.29, 1.82) is 0 Å². The van der Waals surface area contributed by atoms with Crippen molar-refractivity contribution in [3.05, 3.63) is 11.6 Å². The van der Waals surface area contributed by atoms with Crippen LogP contribution in [-0.4, -0.2) is 69.7 Å². The quantitative estimate of drug-likeness (QED) is 0.849. The lowest BCUT2D eigenvalue weighted by Gasteiger charge is -2.39. The van der Waals surface area contributed by atoms with E-state index in [1.165, 1.54) is 6.42 Å². The minimum atomic E-state index is -0.220. The Labute approximate surface area is 150 Å². The molecule has 1 amide bonds. The number of amides is 1. The summed E-state index contributed by atoms with van der Waals surface area (Å²) in [4.78, 5) is 22.0. The van der Waals surface area contributed by atoms with Crippen LogP contribution in [0.3, 0.4) is 0 Å². The summed E-state index contributed by atoms with van der Waals surface area (Å²) >= 11 is 0. The van der Waals surface area contributed by atoms with Crippen LogP contribution in [0.4, 0.5) is 0 Å². The molecule has 0 bridgehead atoms. The summed E-state index contributed by atoms with van der Waals surface area (Å²) in [6.45, 7) is 8.11. The summed E-state index contributed by atoms with van der Waals surface area (Å²) in [6.07, 6.45) is 6.10. The molecule has 0 unspecified atom stereocenters. The number of ether oxygens (including phenoxy) is 1. The molecule has 2 atom stereocenters. The number of rotatable bonds is 6. The highest BCUT2D eigenvalue weighted by Crippen LogP contribution is 2.24. The predicted octanol–water partition coefficient (Wildman–Crippen LogP) is 1.92. The van der Waals surface area contributed by atoms with Crippen molar-refractivity contribution in [2.75, 3.05) is 32.8 Å². The summed E-state index contributed by atoms with van der Waals surface area (Å²) in [5, 5.41) is 7.28. The van der Waals surface area contributed by atoms with Gasteiger partial charge in [-0.15, -0.1) is 0 Å². The molecule has 3 heterocycles. The highest BCUT2D eigenvalue weighted by molar-refractivity contribution is 5.82. The van der Waals surface area contributed by atoms with E-state index in [1.807, 2.05) is 4.90 Å². The Kier molecular flexibility index (Phi) is 6.42. The second-order valence-electron chi connectivity index (χ2n) is 7.08. The molecule has 2 aliphatic rings. The number of piperidine rings is 1. The van der Waals surface area contributed by atoms with Crippen LogP contribution in [0.25, 0.3) is 0 Å². The lowest BCUT2D eigenvalue weighted by atomic mass is 10.00. The van der Waals surface area contributed by atoms with Crippen LogP contribution in [0, 0.1) is 0 Å². The molecule has 1 N–H and O–H groups in total. The number of aromatic nitrogens is 3. The molecular weight excluding hydrogens is 318 g/mol. The smallest absolute Gasteiger partial charge is 0.240 e. The molecule has 0 aromatic carbocycles. The van der Waals surface area contributed by atoms with Gasteiger partial charge in [0, 0.05) is 13.0 Å². The van der Waals surface area contributed by atoms with Gasteiger partial charge in [-0.25, -0.2) is 4.98 Å². The summed E-state index contributed by atoms with van der Waals surface area (Å²) < 4.78 is 5.85. The van der Waals surface area contributed by atoms with Crippen molar-refractivity contribution in [2.24, 2.45) is 0 Å². The van der Waals surface area contributed by atoms with E-state index in [9.17, 15) is 4.79 Å². The van der Waals surface area contributed by atoms with E-state index < -0.39 is 0 Å². The Bertz CT molecular complexity index is 559. The average molecular weight is 349 g/mol. The fraction of sp³-hybridized carbons (Fsp3) is 0.833. The molecule has 7 heteroatoms. The molecule has 3 rings (SSSR count). The molecule has 0 radical (unpaired) electrons. The number of nitrogens with zero attached hydrogens (tertiary/aromatic N) is 4. The molecule has 2 fully saturated rings. The third kappa shape index (κ3) is 4.39. The van der Waals surface area contributed by atoms with Crippen LogP contribution in [0.1, 0.15) is 63.7 Å². The van der Waals surface area contributed by atoms with Gasteiger partial charge >= 0.3 is 0 Å². The first-order chi connectivity index (χ1) is 12.2. The molecule has 2 aliphatic heterocycles. The highest BCUT2D eigenvalue weighted by Gasteiger charge is 2.35. The van der Waals surface area contributed by atoms with E-state index in [0.29, 0.717) is 25.5 Å². The molecule has 7 nitrogen and oxygen atoms in total. The van der Waals surface area contributed by atoms with Crippen molar-refractivity contribution in [3.8, 4) is 0 Å². The molecule has 0 spiro atoms. The van der Waals surface area contributed by atoms with Crippen LogP contribution >= 0.6 is 0 Å². The monoisotopic (exact) mass is 349 g/mol. The zero-order valence-corrected chi connectivity index (χ0v) is 15.5. The number of likely N-dealkylation sites (tertiary alicyclic amines) is 1. The normalized spacial score (nSPS) is 25.3. The fourth-order valence-corrected chi connectivity index (χ4v) is 3.84. The summed E-state index contributed by atoms with van der Waals surface area (Å²) in [7, 11) is 0. The van der Waals surface area contributed by atoms with Gasteiger partial charge in [-0.3, -0.25) is 14.8 Å². The lowest BCUT2D eigenvalue weighted by Crippen LogP contribution is -2.54. The highest BCUT2D eigenvalue weighted by atomic mass is 16.5. The number of H-pyrrole nitrogens is 1. The van der Waals surface area contributed by atoms with E-state index >= 15 is 0 Å². The van der Waals surface area contributed by atoms with Crippen molar-refractivity contribution in [3.63, 3.8) is 0 Å². The number of hydrogen-bond acceptors (Lipinski definition) is 5. The van der Waals surface area contributed by atoms with Crippen LogP contribution in [-0.2, 0) is 16.0 Å². The topological polar surface area (TPSA) is 74.3 Å². The summed E-state index contributed by atoms with van der Waals surface area (Å²) in [5.74, 6) is 1.83. The SMILES string of the molecule is CCCc1nc([C@H]2CN(C(=O)[C@H]3CCCCN3CCC)CCO2)n[nH]1. The predicted molar refractivity (Wildman–Crippen MR) is 95.2 cm³/mol. The standard InChI is InChI=1S/C18H31N5O2/c1-3-7-16-19-17(21-20-16)15-13-23(11-12-25-15)18(24)14-8-5-6-10-22(14)9-4-2/h14-15H,3-13H2,1-2H3,(H,19,20,21)/t14-,15-/m1/s1. The van der Waals surface area contributed by atoms with E-state index in [0.717, 1.165) is 51.0 Å². The zero-order chi connectivity index (χ0) is 17.6. The summed E-state index contributed by atoms with van der Waals surface area (Å²) in [6, 6.07) is 0.0373. The number of carbonyl (C=O) groups excluding carboxylic acids is 1. The van der Waals surface area contributed by atoms with Gasteiger partial charge in [-0.05, 0) is 38.8 Å².